The smallest absolute Gasteiger partial charge is 0.254 e. The molecule has 1 aromatic carbocycles. The van der Waals surface area contributed by atoms with Crippen LogP contribution in [0.2, 0.25) is 0 Å². The lowest BCUT2D eigenvalue weighted by Crippen LogP contribution is -2.43. The quantitative estimate of drug-likeness (QED) is 0.839. The first kappa shape index (κ1) is 15.7. The van der Waals surface area contributed by atoms with E-state index in [0.29, 0.717) is 6.54 Å². The van der Waals surface area contributed by atoms with Crippen LogP contribution in [0.15, 0.2) is 12.1 Å². The number of carbonyl (C=O) groups excluding carboxylic acids is 1. The van der Waals surface area contributed by atoms with Crippen LogP contribution in [0.3, 0.4) is 0 Å². The van der Waals surface area contributed by atoms with Crippen molar-refractivity contribution in [2.24, 2.45) is 5.41 Å². The first-order valence-corrected chi connectivity index (χ1v) is 7.02. The maximum atomic E-state index is 13.8. The molecule has 21 heavy (non-hydrogen) atoms. The lowest BCUT2D eigenvalue weighted by atomic mass is 9.80. The highest BCUT2D eigenvalue weighted by atomic mass is 19.1. The van der Waals surface area contributed by atoms with E-state index in [9.17, 15) is 13.6 Å². The van der Waals surface area contributed by atoms with Gasteiger partial charge >= 0.3 is 0 Å². The molecule has 0 radical (unpaired) electrons. The summed E-state index contributed by atoms with van der Waals surface area (Å²) in [5, 5.41) is 2.70. The molecule has 0 saturated carbocycles. The third kappa shape index (κ3) is 3.69. The zero-order valence-electron chi connectivity index (χ0n) is 12.4. The second-order valence-electron chi connectivity index (χ2n) is 6.15. The summed E-state index contributed by atoms with van der Waals surface area (Å²) in [6.07, 6.45) is 1.91. The molecule has 0 bridgehead atoms. The Morgan fingerprint density at radius 2 is 2.00 bits per heavy atom. The van der Waals surface area contributed by atoms with Gasteiger partial charge in [-0.25, -0.2) is 8.78 Å². The number of nitrogens with zero attached hydrogens (tertiary/aromatic N) is 1. The minimum atomic E-state index is -0.873. The Bertz CT molecular complexity index is 540. The molecule has 0 unspecified atom stereocenters. The van der Waals surface area contributed by atoms with Crippen molar-refractivity contribution < 1.29 is 13.6 Å². The van der Waals surface area contributed by atoms with Crippen LogP contribution in [0.5, 0.6) is 0 Å². The molecule has 0 spiro atoms. The van der Waals surface area contributed by atoms with E-state index < -0.39 is 17.5 Å². The first-order valence-electron chi connectivity index (χ1n) is 7.02. The number of benzene rings is 1. The lowest BCUT2D eigenvalue weighted by Gasteiger charge is -2.37. The van der Waals surface area contributed by atoms with Crippen molar-refractivity contribution in [3.8, 4) is 0 Å². The van der Waals surface area contributed by atoms with Gasteiger partial charge in [0, 0.05) is 6.54 Å². The summed E-state index contributed by atoms with van der Waals surface area (Å²) in [6, 6.07) is 1.74. The molecule has 0 aliphatic carbocycles. The Hall–Kier alpha value is -1.69. The number of carbonyl (C=O) groups is 1. The predicted molar refractivity (Wildman–Crippen MR) is 77.9 cm³/mol. The van der Waals surface area contributed by atoms with Crippen molar-refractivity contribution in [3.63, 3.8) is 0 Å². The average Bonchev–Trinajstić information content (AvgIpc) is 2.44. The van der Waals surface area contributed by atoms with Crippen LogP contribution in [-0.4, -0.2) is 37.5 Å². The van der Waals surface area contributed by atoms with Crippen LogP contribution < -0.4 is 11.1 Å². The molecule has 0 atom stereocenters. The number of anilines is 1. The summed E-state index contributed by atoms with van der Waals surface area (Å²) in [6.45, 7) is 4.47. The van der Waals surface area contributed by atoms with Crippen molar-refractivity contribution in [1.29, 1.82) is 0 Å². The SMILES string of the molecule is CN1CCC(C)(CNC(=O)c2cc(F)cc(N)c2F)CC1. The van der Waals surface area contributed by atoms with Crippen LogP contribution in [-0.2, 0) is 0 Å². The Morgan fingerprint density at radius 1 is 1.38 bits per heavy atom. The van der Waals surface area contributed by atoms with Gasteiger partial charge in [-0.2, -0.15) is 0 Å². The summed E-state index contributed by atoms with van der Waals surface area (Å²) in [4.78, 5) is 14.3. The number of nitrogens with one attached hydrogen (secondary N) is 1. The fourth-order valence-electron chi connectivity index (χ4n) is 2.50. The van der Waals surface area contributed by atoms with E-state index >= 15 is 0 Å². The molecule has 1 amide bonds. The molecule has 2 rings (SSSR count). The van der Waals surface area contributed by atoms with Gasteiger partial charge in [0.2, 0.25) is 0 Å². The number of likely N-dealkylation sites (tertiary alicyclic amines) is 1. The van der Waals surface area contributed by atoms with Gasteiger partial charge in [-0.1, -0.05) is 6.92 Å². The molecular formula is C15H21F2N3O. The summed E-state index contributed by atoms with van der Waals surface area (Å²) in [5.41, 5.74) is 4.62. The molecule has 6 heteroatoms. The van der Waals surface area contributed by atoms with Gasteiger partial charge < -0.3 is 16.0 Å². The van der Waals surface area contributed by atoms with Gasteiger partial charge in [0.1, 0.15) is 5.82 Å². The van der Waals surface area contributed by atoms with E-state index in [1.54, 1.807) is 0 Å². The molecule has 0 aromatic heterocycles. The van der Waals surface area contributed by atoms with Crippen molar-refractivity contribution in [3.05, 3.63) is 29.3 Å². The number of halogens is 2. The first-order chi connectivity index (χ1) is 9.81. The van der Waals surface area contributed by atoms with Gasteiger partial charge in [-0.05, 0) is 50.5 Å². The van der Waals surface area contributed by atoms with E-state index in [-0.39, 0.29) is 16.7 Å². The monoisotopic (exact) mass is 297 g/mol. The normalized spacial score (nSPS) is 18.5. The number of piperidine rings is 1. The van der Waals surface area contributed by atoms with Crippen LogP contribution >= 0.6 is 0 Å². The predicted octanol–water partition coefficient (Wildman–Crippen LogP) is 2.01. The molecule has 1 saturated heterocycles. The number of nitrogens with two attached hydrogens (primary N) is 1. The summed E-state index contributed by atoms with van der Waals surface area (Å²) >= 11 is 0. The molecule has 1 heterocycles. The fourth-order valence-corrected chi connectivity index (χ4v) is 2.50. The van der Waals surface area contributed by atoms with Crippen molar-refractivity contribution in [2.75, 3.05) is 32.4 Å². The number of amides is 1. The van der Waals surface area contributed by atoms with E-state index in [2.05, 4.69) is 24.2 Å². The number of hydrogen-bond acceptors (Lipinski definition) is 3. The van der Waals surface area contributed by atoms with E-state index in [1.165, 1.54) is 0 Å². The average molecular weight is 297 g/mol. The molecule has 116 valence electrons. The minimum Gasteiger partial charge on any atom is -0.396 e. The van der Waals surface area contributed by atoms with Gasteiger partial charge in [0.15, 0.2) is 5.82 Å². The Labute approximate surface area is 123 Å². The Morgan fingerprint density at radius 3 is 2.62 bits per heavy atom. The highest BCUT2D eigenvalue weighted by molar-refractivity contribution is 5.95. The molecule has 1 aliphatic rings. The number of nitrogen functional groups attached to an aromatic ring is 1. The molecular weight excluding hydrogens is 276 g/mol. The summed E-state index contributed by atoms with van der Waals surface area (Å²) < 4.78 is 27.0. The fraction of sp³-hybridized carbons (Fsp3) is 0.533. The van der Waals surface area contributed by atoms with E-state index in [1.807, 2.05) is 0 Å². The maximum absolute atomic E-state index is 13.8. The molecule has 3 N–H and O–H groups in total. The maximum Gasteiger partial charge on any atom is 0.254 e. The molecule has 1 fully saturated rings. The third-order valence-corrected chi connectivity index (χ3v) is 4.18. The number of hydrogen-bond donors (Lipinski definition) is 2. The van der Waals surface area contributed by atoms with E-state index in [0.717, 1.165) is 38.1 Å². The van der Waals surface area contributed by atoms with Gasteiger partial charge in [0.25, 0.3) is 5.91 Å². The highest BCUT2D eigenvalue weighted by Crippen LogP contribution is 2.29. The Kier molecular flexibility index (Phi) is 4.46. The molecule has 4 nitrogen and oxygen atoms in total. The van der Waals surface area contributed by atoms with Gasteiger partial charge in [-0.15, -0.1) is 0 Å². The Balaban J connectivity index is 2.02. The van der Waals surface area contributed by atoms with Crippen molar-refractivity contribution >= 4 is 11.6 Å². The minimum absolute atomic E-state index is 0.0164. The van der Waals surface area contributed by atoms with Crippen molar-refractivity contribution in [1.82, 2.24) is 10.2 Å². The third-order valence-electron chi connectivity index (χ3n) is 4.18. The second kappa shape index (κ2) is 5.97. The van der Waals surface area contributed by atoms with Crippen molar-refractivity contribution in [2.45, 2.75) is 19.8 Å². The highest BCUT2D eigenvalue weighted by Gasteiger charge is 2.29. The van der Waals surface area contributed by atoms with Gasteiger partial charge in [0.05, 0.1) is 11.3 Å². The zero-order chi connectivity index (χ0) is 15.6. The van der Waals surface area contributed by atoms with Crippen LogP contribution in [0.25, 0.3) is 0 Å². The molecule has 1 aliphatic heterocycles. The number of rotatable bonds is 3. The topological polar surface area (TPSA) is 58.4 Å². The van der Waals surface area contributed by atoms with Gasteiger partial charge in [-0.3, -0.25) is 4.79 Å². The lowest BCUT2D eigenvalue weighted by molar-refractivity contribution is 0.0887. The van der Waals surface area contributed by atoms with Crippen LogP contribution in [0, 0.1) is 17.0 Å². The summed E-state index contributed by atoms with van der Waals surface area (Å²) in [5.74, 6) is -2.22. The summed E-state index contributed by atoms with van der Waals surface area (Å²) in [7, 11) is 2.06. The van der Waals surface area contributed by atoms with Crippen LogP contribution in [0.4, 0.5) is 14.5 Å². The second-order valence-corrected chi connectivity index (χ2v) is 6.15. The van der Waals surface area contributed by atoms with E-state index in [4.69, 9.17) is 5.73 Å². The zero-order valence-corrected chi connectivity index (χ0v) is 12.4. The standard InChI is InChI=1S/C15H21F2N3O/c1-15(3-5-20(2)6-4-15)9-19-14(21)11-7-10(16)8-12(18)13(11)17/h7-8H,3-6,9,18H2,1-2H3,(H,19,21). The van der Waals surface area contributed by atoms with Crippen LogP contribution in [0.1, 0.15) is 30.1 Å². The largest absolute Gasteiger partial charge is 0.396 e. The molecule has 1 aromatic rings.